The van der Waals surface area contributed by atoms with Crippen LogP contribution in [0.15, 0.2) is 24.3 Å². The summed E-state index contributed by atoms with van der Waals surface area (Å²) in [6.45, 7) is 0. The summed E-state index contributed by atoms with van der Waals surface area (Å²) in [6, 6.07) is 6.22. The van der Waals surface area contributed by atoms with Gasteiger partial charge in [0.1, 0.15) is 6.04 Å². The van der Waals surface area contributed by atoms with Crippen LogP contribution in [0.1, 0.15) is 37.7 Å². The van der Waals surface area contributed by atoms with Gasteiger partial charge in [-0.3, -0.25) is 9.59 Å². The maximum atomic E-state index is 11.8. The van der Waals surface area contributed by atoms with E-state index < -0.39 is 12.0 Å². The molecule has 0 fully saturated rings. The molecule has 1 aromatic rings. The topological polar surface area (TPSA) is 92.4 Å². The van der Waals surface area contributed by atoms with Crippen LogP contribution < -0.4 is 11.1 Å². The molecule has 0 aliphatic carbocycles. The molecule has 0 radical (unpaired) electrons. The van der Waals surface area contributed by atoms with Crippen molar-refractivity contribution >= 4 is 33.5 Å². The third kappa shape index (κ3) is 7.56. The van der Waals surface area contributed by atoms with Crippen molar-refractivity contribution in [2.24, 2.45) is 5.73 Å². The molecule has 0 aliphatic heterocycles. The molecule has 0 aromatic heterocycles. The number of anilines is 1. The minimum absolute atomic E-state index is 0.0153. The molecule has 1 amide bonds. The first-order valence-corrected chi connectivity index (χ1v) is 8.58. The second kappa shape index (κ2) is 10.3. The number of aliphatic carboxylic acids is 1. The minimum atomic E-state index is -1.03. The fourth-order valence-electron chi connectivity index (χ4n) is 2.07. The van der Waals surface area contributed by atoms with Crippen LogP contribution in [0, 0.1) is 0 Å². The van der Waals surface area contributed by atoms with E-state index in [4.69, 9.17) is 10.8 Å². The number of carbonyl (C=O) groups is 2. The number of carbonyl (C=O) groups excluding carboxylic acids is 1. The summed E-state index contributed by atoms with van der Waals surface area (Å²) in [5.74, 6) is -1.04. The van der Waals surface area contributed by atoms with E-state index in [1.807, 2.05) is 0 Å². The van der Waals surface area contributed by atoms with E-state index in [1.54, 1.807) is 24.3 Å². The van der Waals surface area contributed by atoms with Gasteiger partial charge in [-0.1, -0.05) is 40.9 Å². The zero-order chi connectivity index (χ0) is 16.4. The van der Waals surface area contributed by atoms with Gasteiger partial charge in [0.15, 0.2) is 0 Å². The number of benzene rings is 1. The van der Waals surface area contributed by atoms with Crippen molar-refractivity contribution in [2.75, 3.05) is 10.6 Å². The molecule has 122 valence electrons. The Hall–Kier alpha value is -1.40. The predicted molar refractivity (Wildman–Crippen MR) is 91.3 cm³/mol. The first-order valence-electron chi connectivity index (χ1n) is 7.46. The highest BCUT2D eigenvalue weighted by Crippen LogP contribution is 2.13. The molecule has 0 saturated heterocycles. The number of halogens is 1. The Balaban J connectivity index is 2.42. The van der Waals surface area contributed by atoms with Crippen LogP contribution >= 0.6 is 15.9 Å². The van der Waals surface area contributed by atoms with Gasteiger partial charge in [-0.25, -0.2) is 0 Å². The van der Waals surface area contributed by atoms with Crippen molar-refractivity contribution in [3.05, 3.63) is 29.8 Å². The van der Waals surface area contributed by atoms with Crippen LogP contribution in [-0.2, 0) is 16.0 Å². The minimum Gasteiger partial charge on any atom is -0.480 e. The molecular formula is C16H23BrN2O3. The fraction of sp³-hybridized carbons (Fsp3) is 0.500. The van der Waals surface area contributed by atoms with E-state index in [2.05, 4.69) is 21.2 Å². The Morgan fingerprint density at radius 2 is 1.95 bits per heavy atom. The van der Waals surface area contributed by atoms with Gasteiger partial charge in [0.2, 0.25) is 5.91 Å². The highest BCUT2D eigenvalue weighted by atomic mass is 79.9. The summed E-state index contributed by atoms with van der Waals surface area (Å²) >= 11 is 3.38. The molecule has 0 aliphatic rings. The van der Waals surface area contributed by atoms with Crippen LogP contribution in [0.3, 0.4) is 0 Å². The number of carboxylic acids is 1. The average molecular weight is 371 g/mol. The lowest BCUT2D eigenvalue weighted by molar-refractivity contribution is -0.138. The number of carboxylic acid groups (broad SMARTS) is 1. The Labute approximate surface area is 139 Å². The van der Waals surface area contributed by atoms with Crippen molar-refractivity contribution in [2.45, 2.75) is 44.6 Å². The molecule has 1 rings (SSSR count). The summed E-state index contributed by atoms with van der Waals surface area (Å²) in [4.78, 5) is 22.6. The second-order valence-electron chi connectivity index (χ2n) is 5.25. The number of hydrogen-bond acceptors (Lipinski definition) is 3. The molecule has 6 heteroatoms. The van der Waals surface area contributed by atoms with Crippen LogP contribution in [0.5, 0.6) is 0 Å². The van der Waals surface area contributed by atoms with Gasteiger partial charge in [-0.2, -0.15) is 0 Å². The third-order valence-electron chi connectivity index (χ3n) is 3.27. The number of amides is 1. The quantitative estimate of drug-likeness (QED) is 0.436. The van der Waals surface area contributed by atoms with Gasteiger partial charge in [-0.05, 0) is 37.0 Å². The summed E-state index contributed by atoms with van der Waals surface area (Å²) in [5.41, 5.74) is 6.99. The Bertz CT molecular complexity index is 494. The van der Waals surface area contributed by atoms with Crippen molar-refractivity contribution in [3.63, 3.8) is 0 Å². The number of nitrogens with one attached hydrogen (secondary N) is 1. The fourth-order valence-corrected chi connectivity index (χ4v) is 2.47. The van der Waals surface area contributed by atoms with Gasteiger partial charge in [0.25, 0.3) is 0 Å². The molecule has 5 nitrogen and oxygen atoms in total. The number of hydrogen-bond donors (Lipinski definition) is 3. The van der Waals surface area contributed by atoms with Gasteiger partial charge in [0.05, 0.1) is 0 Å². The van der Waals surface area contributed by atoms with Gasteiger partial charge in [0, 0.05) is 17.4 Å². The van der Waals surface area contributed by atoms with E-state index >= 15 is 0 Å². The zero-order valence-electron chi connectivity index (χ0n) is 12.6. The lowest BCUT2D eigenvalue weighted by Gasteiger charge is -2.09. The summed E-state index contributed by atoms with van der Waals surface area (Å²) in [6.07, 6.45) is 4.93. The van der Waals surface area contributed by atoms with E-state index in [0.29, 0.717) is 12.1 Å². The number of nitrogens with two attached hydrogens (primary N) is 1. The molecule has 1 aromatic carbocycles. The number of alkyl halides is 1. The standard InChI is InChI=1S/C16H23BrN2O3/c17-9-4-2-1-3-8-15(20)19-13-7-5-6-12(10-13)11-14(18)16(21)22/h5-7,10,14H,1-4,8-9,11,18H2,(H,19,20)(H,21,22). The highest BCUT2D eigenvalue weighted by Gasteiger charge is 2.12. The molecule has 0 heterocycles. The molecule has 4 N–H and O–H groups in total. The van der Waals surface area contributed by atoms with Gasteiger partial charge in [-0.15, -0.1) is 0 Å². The van der Waals surface area contributed by atoms with Crippen molar-refractivity contribution in [1.82, 2.24) is 0 Å². The molecule has 0 saturated carbocycles. The summed E-state index contributed by atoms with van der Waals surface area (Å²) in [5, 5.41) is 12.7. The molecule has 22 heavy (non-hydrogen) atoms. The zero-order valence-corrected chi connectivity index (χ0v) is 14.1. The van der Waals surface area contributed by atoms with Crippen LogP contribution in [-0.4, -0.2) is 28.4 Å². The van der Waals surface area contributed by atoms with E-state index in [0.717, 1.165) is 36.6 Å². The molecular weight excluding hydrogens is 348 g/mol. The lowest BCUT2D eigenvalue weighted by atomic mass is 10.1. The largest absolute Gasteiger partial charge is 0.480 e. The van der Waals surface area contributed by atoms with E-state index in [-0.39, 0.29) is 12.3 Å². The SMILES string of the molecule is NC(Cc1cccc(NC(=O)CCCCCCBr)c1)C(=O)O. The monoisotopic (exact) mass is 370 g/mol. The number of rotatable bonds is 10. The van der Waals surface area contributed by atoms with Crippen LogP contribution in [0.25, 0.3) is 0 Å². The summed E-state index contributed by atoms with van der Waals surface area (Å²) in [7, 11) is 0. The third-order valence-corrected chi connectivity index (χ3v) is 3.83. The van der Waals surface area contributed by atoms with Crippen LogP contribution in [0.4, 0.5) is 5.69 Å². The maximum Gasteiger partial charge on any atom is 0.320 e. The highest BCUT2D eigenvalue weighted by molar-refractivity contribution is 9.09. The first kappa shape index (κ1) is 18.6. The van der Waals surface area contributed by atoms with Crippen LogP contribution in [0.2, 0.25) is 0 Å². The molecule has 0 spiro atoms. The predicted octanol–water partition coefficient (Wildman–Crippen LogP) is 2.92. The number of unbranched alkanes of at least 4 members (excludes halogenated alkanes) is 3. The van der Waals surface area contributed by atoms with Gasteiger partial charge < -0.3 is 16.2 Å². The Morgan fingerprint density at radius 3 is 2.64 bits per heavy atom. The maximum absolute atomic E-state index is 11.8. The van der Waals surface area contributed by atoms with Crippen molar-refractivity contribution < 1.29 is 14.7 Å². The smallest absolute Gasteiger partial charge is 0.320 e. The van der Waals surface area contributed by atoms with Gasteiger partial charge >= 0.3 is 5.97 Å². The Kier molecular flexibility index (Phi) is 8.77. The van der Waals surface area contributed by atoms with Crippen molar-refractivity contribution in [3.8, 4) is 0 Å². The first-order chi connectivity index (χ1) is 10.5. The molecule has 1 atom stereocenters. The summed E-state index contributed by atoms with van der Waals surface area (Å²) < 4.78 is 0. The van der Waals surface area contributed by atoms with E-state index in [1.165, 1.54) is 0 Å². The Morgan fingerprint density at radius 1 is 1.23 bits per heavy atom. The lowest BCUT2D eigenvalue weighted by Crippen LogP contribution is -2.32. The molecule has 1 unspecified atom stereocenters. The van der Waals surface area contributed by atoms with Crippen molar-refractivity contribution in [1.29, 1.82) is 0 Å². The second-order valence-corrected chi connectivity index (χ2v) is 6.04. The normalized spacial score (nSPS) is 11.9. The average Bonchev–Trinajstić information content (AvgIpc) is 2.47. The van der Waals surface area contributed by atoms with E-state index in [9.17, 15) is 9.59 Å². The molecule has 0 bridgehead atoms.